The number of carboxylic acid groups (broad SMARTS) is 1. The van der Waals surface area contributed by atoms with Gasteiger partial charge in [0.25, 0.3) is 0 Å². The Labute approximate surface area is 175 Å². The number of carbonyl (C=O) groups excluding carboxylic acids is 2. The molecule has 4 nitrogen and oxygen atoms in total. The van der Waals surface area contributed by atoms with Crippen LogP contribution in [0.25, 0.3) is 0 Å². The van der Waals surface area contributed by atoms with E-state index in [2.05, 4.69) is 13.0 Å². The largest absolute Gasteiger partial charge is 1.00 e. The standard InChI is InChI=1S/C20H34O4.Na/c1-2-3-4-5-6-7-8-9-10-13-16-24-20(23)18-15-12-11-14-17(18)19(21)22;/h10,13,17-18H,2-9,11-12,14-16H2,1H3,(H,21,22);/q;+1/p-1/b13-10+;. The molecule has 0 amide bonds. The Morgan fingerprint density at radius 2 is 1.56 bits per heavy atom. The molecule has 2 unspecified atom stereocenters. The zero-order chi connectivity index (χ0) is 17.6. The fourth-order valence-corrected chi connectivity index (χ4v) is 3.34. The number of allylic oxidation sites excluding steroid dienone is 1. The number of carbonyl (C=O) groups is 2. The molecule has 0 aromatic heterocycles. The van der Waals surface area contributed by atoms with Gasteiger partial charge in [-0.05, 0) is 25.7 Å². The van der Waals surface area contributed by atoms with Crippen molar-refractivity contribution in [3.63, 3.8) is 0 Å². The van der Waals surface area contributed by atoms with Crippen molar-refractivity contribution < 1.29 is 49.0 Å². The van der Waals surface area contributed by atoms with Crippen molar-refractivity contribution in [2.75, 3.05) is 6.61 Å². The second-order valence-corrected chi connectivity index (χ2v) is 6.83. The molecule has 0 N–H and O–H groups in total. The summed E-state index contributed by atoms with van der Waals surface area (Å²) in [5, 5.41) is 11.1. The molecule has 0 spiro atoms. The Bertz CT molecular complexity index is 395. The van der Waals surface area contributed by atoms with Crippen molar-refractivity contribution in [2.45, 2.75) is 84.0 Å². The van der Waals surface area contributed by atoms with Crippen LogP contribution in [0.4, 0.5) is 0 Å². The van der Waals surface area contributed by atoms with Gasteiger partial charge in [0, 0.05) is 11.9 Å². The molecule has 0 aromatic rings. The smallest absolute Gasteiger partial charge is 0.550 e. The van der Waals surface area contributed by atoms with E-state index in [0.717, 1.165) is 19.3 Å². The van der Waals surface area contributed by atoms with Crippen molar-refractivity contribution in [3.05, 3.63) is 12.2 Å². The summed E-state index contributed by atoms with van der Waals surface area (Å²) in [4.78, 5) is 23.1. The van der Waals surface area contributed by atoms with Gasteiger partial charge in [0.2, 0.25) is 0 Å². The minimum absolute atomic E-state index is 0. The van der Waals surface area contributed by atoms with Crippen molar-refractivity contribution in [2.24, 2.45) is 11.8 Å². The number of hydrogen-bond acceptors (Lipinski definition) is 4. The molecule has 2 atom stereocenters. The fourth-order valence-electron chi connectivity index (χ4n) is 3.34. The van der Waals surface area contributed by atoms with Gasteiger partial charge < -0.3 is 14.6 Å². The molecule has 138 valence electrons. The van der Waals surface area contributed by atoms with E-state index >= 15 is 0 Å². The van der Waals surface area contributed by atoms with E-state index in [1.54, 1.807) is 0 Å². The number of aliphatic carboxylic acids is 1. The Kier molecular flexibility index (Phi) is 15.7. The van der Waals surface area contributed by atoms with Crippen LogP contribution in [0.2, 0.25) is 0 Å². The van der Waals surface area contributed by atoms with Gasteiger partial charge >= 0.3 is 35.5 Å². The minimum Gasteiger partial charge on any atom is -0.550 e. The number of ether oxygens (including phenoxy) is 1. The number of rotatable bonds is 12. The Morgan fingerprint density at radius 1 is 0.960 bits per heavy atom. The van der Waals surface area contributed by atoms with E-state index in [0.29, 0.717) is 12.8 Å². The number of hydrogen-bond donors (Lipinski definition) is 0. The summed E-state index contributed by atoms with van der Waals surface area (Å²) < 4.78 is 5.22. The van der Waals surface area contributed by atoms with E-state index in [1.165, 1.54) is 44.9 Å². The summed E-state index contributed by atoms with van der Waals surface area (Å²) >= 11 is 0. The molecular weight excluding hydrogens is 327 g/mol. The molecule has 0 radical (unpaired) electrons. The summed E-state index contributed by atoms with van der Waals surface area (Å²) in [5.41, 5.74) is 0. The first kappa shape index (κ1) is 24.7. The van der Waals surface area contributed by atoms with Crippen LogP contribution in [0, 0.1) is 11.8 Å². The molecule has 0 aromatic carbocycles. The zero-order valence-corrected chi connectivity index (χ0v) is 18.1. The van der Waals surface area contributed by atoms with Gasteiger partial charge in [-0.15, -0.1) is 0 Å². The van der Waals surface area contributed by atoms with Crippen LogP contribution >= 0.6 is 0 Å². The van der Waals surface area contributed by atoms with E-state index in [4.69, 9.17) is 4.74 Å². The third-order valence-electron chi connectivity index (χ3n) is 4.83. The monoisotopic (exact) mass is 360 g/mol. The van der Waals surface area contributed by atoms with Crippen molar-refractivity contribution in [1.29, 1.82) is 0 Å². The molecule has 0 bridgehead atoms. The molecule has 1 fully saturated rings. The predicted octanol–water partition coefficient (Wildman–Crippen LogP) is 0.787. The van der Waals surface area contributed by atoms with Crippen LogP contribution in [0.15, 0.2) is 12.2 Å². The molecule has 0 saturated heterocycles. The Morgan fingerprint density at radius 3 is 2.20 bits per heavy atom. The van der Waals surface area contributed by atoms with Gasteiger partial charge in [-0.2, -0.15) is 0 Å². The van der Waals surface area contributed by atoms with Gasteiger partial charge in [-0.25, -0.2) is 0 Å². The van der Waals surface area contributed by atoms with Crippen molar-refractivity contribution in [3.8, 4) is 0 Å². The Hall–Kier alpha value is -0.320. The molecule has 1 aliphatic rings. The van der Waals surface area contributed by atoms with Crippen LogP contribution < -0.4 is 34.7 Å². The molecular formula is C20H33NaO4. The van der Waals surface area contributed by atoms with Crippen LogP contribution in [-0.4, -0.2) is 18.5 Å². The van der Waals surface area contributed by atoms with E-state index < -0.39 is 17.8 Å². The van der Waals surface area contributed by atoms with Crippen LogP contribution in [0.3, 0.4) is 0 Å². The van der Waals surface area contributed by atoms with Crippen molar-refractivity contribution in [1.82, 2.24) is 0 Å². The third kappa shape index (κ3) is 11.1. The molecule has 0 heterocycles. The van der Waals surface area contributed by atoms with Crippen LogP contribution in [0.1, 0.15) is 84.0 Å². The van der Waals surface area contributed by atoms with Crippen LogP contribution in [-0.2, 0) is 14.3 Å². The maximum absolute atomic E-state index is 12.0. The van der Waals surface area contributed by atoms with Crippen molar-refractivity contribution >= 4 is 11.9 Å². The minimum atomic E-state index is -1.12. The summed E-state index contributed by atoms with van der Waals surface area (Å²) in [6, 6.07) is 0. The number of esters is 1. The molecule has 1 rings (SSSR count). The zero-order valence-electron chi connectivity index (χ0n) is 16.1. The molecule has 0 aliphatic heterocycles. The molecule has 5 heteroatoms. The molecule has 25 heavy (non-hydrogen) atoms. The summed E-state index contributed by atoms with van der Waals surface area (Å²) in [6.07, 6.45) is 16.8. The SMILES string of the molecule is CCCCCCCCC/C=C/COC(=O)C1CCCCC1C(=O)[O-].[Na+]. The average Bonchev–Trinajstić information content (AvgIpc) is 2.59. The maximum Gasteiger partial charge on any atom is 1.00 e. The second kappa shape index (κ2) is 15.9. The first-order valence-corrected chi connectivity index (χ1v) is 9.69. The van der Waals surface area contributed by atoms with Gasteiger partial charge in [0.05, 0.1) is 5.92 Å². The topological polar surface area (TPSA) is 66.4 Å². The number of unbranched alkanes of at least 4 members (excludes halogenated alkanes) is 7. The maximum atomic E-state index is 12.0. The van der Waals surface area contributed by atoms with Crippen LogP contribution in [0.5, 0.6) is 0 Å². The van der Waals surface area contributed by atoms with Gasteiger partial charge in [-0.1, -0.05) is 70.4 Å². The number of carboxylic acids is 1. The fraction of sp³-hybridized carbons (Fsp3) is 0.800. The quantitative estimate of drug-likeness (QED) is 0.223. The van der Waals surface area contributed by atoms with E-state index in [1.807, 2.05) is 6.08 Å². The van der Waals surface area contributed by atoms with Gasteiger partial charge in [0.15, 0.2) is 0 Å². The summed E-state index contributed by atoms with van der Waals surface area (Å²) in [7, 11) is 0. The van der Waals surface area contributed by atoms with Gasteiger partial charge in [0.1, 0.15) is 6.61 Å². The first-order chi connectivity index (χ1) is 11.7. The predicted molar refractivity (Wildman–Crippen MR) is 93.2 cm³/mol. The Balaban J connectivity index is 0.00000576. The van der Waals surface area contributed by atoms with E-state index in [9.17, 15) is 14.7 Å². The van der Waals surface area contributed by atoms with E-state index in [-0.39, 0.29) is 42.1 Å². The third-order valence-corrected chi connectivity index (χ3v) is 4.83. The first-order valence-electron chi connectivity index (χ1n) is 9.69. The summed E-state index contributed by atoms with van der Waals surface area (Å²) in [6.45, 7) is 2.47. The normalized spacial score (nSPS) is 20.2. The molecule has 1 aliphatic carbocycles. The summed E-state index contributed by atoms with van der Waals surface area (Å²) in [5.74, 6) is -2.71. The molecule has 1 saturated carbocycles. The second-order valence-electron chi connectivity index (χ2n) is 6.83. The average molecular weight is 360 g/mol. The van der Waals surface area contributed by atoms with Gasteiger partial charge in [-0.3, -0.25) is 4.79 Å².